The zero-order chi connectivity index (χ0) is 31.1. The van der Waals surface area contributed by atoms with Crippen LogP contribution < -0.4 is 16.0 Å². The summed E-state index contributed by atoms with van der Waals surface area (Å²) in [5.74, 6) is -1.28. The molecule has 2 unspecified atom stereocenters. The number of hydrogen-bond donors (Lipinski definition) is 4. The molecule has 0 aromatic heterocycles. The van der Waals surface area contributed by atoms with Crippen LogP contribution in [0.1, 0.15) is 66.4 Å². The summed E-state index contributed by atoms with van der Waals surface area (Å²) in [7, 11) is 3.03. The molecule has 1 aromatic rings. The van der Waals surface area contributed by atoms with Crippen LogP contribution >= 0.6 is 21.6 Å². The van der Waals surface area contributed by atoms with Crippen molar-refractivity contribution in [2.45, 2.75) is 89.8 Å². The van der Waals surface area contributed by atoms with Crippen LogP contribution in [0.3, 0.4) is 0 Å². The van der Waals surface area contributed by atoms with Gasteiger partial charge < -0.3 is 30.5 Å². The fourth-order valence-corrected chi connectivity index (χ4v) is 5.49. The van der Waals surface area contributed by atoms with E-state index >= 15 is 0 Å². The van der Waals surface area contributed by atoms with Crippen molar-refractivity contribution in [2.24, 2.45) is 5.11 Å². The third kappa shape index (κ3) is 17.2. The zero-order valence-electron chi connectivity index (χ0n) is 24.3. The quantitative estimate of drug-likeness (QED) is 0.0635. The topological polar surface area (TPSA) is 192 Å². The van der Waals surface area contributed by atoms with E-state index in [0.717, 1.165) is 0 Å². The molecule has 2 atom stereocenters. The van der Waals surface area contributed by atoms with Crippen molar-refractivity contribution in [3.8, 4) is 0 Å². The number of aliphatic carboxylic acids is 1. The van der Waals surface area contributed by atoms with E-state index in [9.17, 15) is 24.3 Å². The van der Waals surface area contributed by atoms with Crippen molar-refractivity contribution < 1.29 is 33.8 Å². The Balaban J connectivity index is 2.60. The number of ether oxygens (including phenoxy) is 2. The van der Waals surface area contributed by atoms with Crippen LogP contribution in [0.15, 0.2) is 29.4 Å². The number of benzene rings is 1. The van der Waals surface area contributed by atoms with E-state index in [0.29, 0.717) is 29.8 Å². The molecular weight excluding hydrogens is 572 g/mol. The van der Waals surface area contributed by atoms with E-state index < -0.39 is 41.7 Å². The number of carbonyl (C=O) groups is 4. The molecule has 0 saturated carbocycles. The number of amides is 3. The summed E-state index contributed by atoms with van der Waals surface area (Å²) in [6.07, 6.45) is -0.544. The molecule has 0 saturated heterocycles. The maximum absolute atomic E-state index is 12.9. The van der Waals surface area contributed by atoms with Crippen molar-refractivity contribution in [1.82, 2.24) is 16.0 Å². The molecule has 1 rings (SSSR count). The summed E-state index contributed by atoms with van der Waals surface area (Å²) in [6, 6.07) is 4.53. The molecule has 1 aromatic carbocycles. The minimum Gasteiger partial charge on any atom is -0.480 e. The highest BCUT2D eigenvalue weighted by molar-refractivity contribution is 8.77. The molecule has 3 amide bonds. The standard InChI is InChI=1S/C26H40N6O7S2/c1-25(2,3)39-24(37)29-19(22(34)35)9-7-8-14-28-21(33)20(16-40-41-26(4,5)6)30-23(36)38-15-17-10-12-18(13-11-17)31-32-27/h10-13,19-20H,7-9,14-16H2,1-6H3,(H,28,33)(H,29,37)(H,30,36)(H,34,35). The van der Waals surface area contributed by atoms with Gasteiger partial charge in [0.15, 0.2) is 0 Å². The summed E-state index contributed by atoms with van der Waals surface area (Å²) in [5.41, 5.74) is 8.85. The second-order valence-corrected chi connectivity index (χ2v) is 14.1. The lowest BCUT2D eigenvalue weighted by atomic mass is 10.1. The first-order chi connectivity index (χ1) is 19.1. The average Bonchev–Trinajstić information content (AvgIpc) is 2.85. The first-order valence-electron chi connectivity index (χ1n) is 13.0. The summed E-state index contributed by atoms with van der Waals surface area (Å²) in [5, 5.41) is 20.6. The van der Waals surface area contributed by atoms with Gasteiger partial charge in [-0.15, -0.1) is 0 Å². The first kappa shape index (κ1) is 35.7. The molecule has 0 aliphatic heterocycles. The molecule has 41 heavy (non-hydrogen) atoms. The monoisotopic (exact) mass is 612 g/mol. The number of rotatable bonds is 15. The number of azide groups is 1. The Hall–Kier alpha value is -3.29. The number of carboxylic acids is 1. The molecule has 228 valence electrons. The maximum atomic E-state index is 12.9. The molecule has 0 aliphatic carbocycles. The fourth-order valence-electron chi connectivity index (χ4n) is 3.02. The Morgan fingerprint density at radius 2 is 1.63 bits per heavy atom. The van der Waals surface area contributed by atoms with Crippen LogP contribution in [0.5, 0.6) is 0 Å². The molecule has 15 heteroatoms. The lowest BCUT2D eigenvalue weighted by Gasteiger charge is -2.22. The number of hydrogen-bond acceptors (Lipinski definition) is 9. The van der Waals surface area contributed by atoms with Crippen molar-refractivity contribution in [1.29, 1.82) is 0 Å². The minimum absolute atomic E-state index is 0.0390. The third-order valence-electron chi connectivity index (χ3n) is 4.83. The zero-order valence-corrected chi connectivity index (χ0v) is 25.9. The summed E-state index contributed by atoms with van der Waals surface area (Å²) in [4.78, 5) is 51.5. The van der Waals surface area contributed by atoms with Gasteiger partial charge in [0, 0.05) is 27.6 Å². The maximum Gasteiger partial charge on any atom is 0.408 e. The predicted molar refractivity (Wildman–Crippen MR) is 160 cm³/mol. The van der Waals surface area contributed by atoms with Crippen molar-refractivity contribution in [2.75, 3.05) is 12.3 Å². The molecule has 0 fully saturated rings. The number of nitrogens with one attached hydrogen (secondary N) is 3. The van der Waals surface area contributed by atoms with Crippen LogP contribution in [0.4, 0.5) is 15.3 Å². The molecule has 0 bridgehead atoms. The van der Waals surface area contributed by atoms with E-state index in [4.69, 9.17) is 15.0 Å². The van der Waals surface area contributed by atoms with E-state index in [1.54, 1.807) is 55.8 Å². The van der Waals surface area contributed by atoms with Crippen molar-refractivity contribution in [3.05, 3.63) is 40.3 Å². The van der Waals surface area contributed by atoms with Crippen molar-refractivity contribution in [3.63, 3.8) is 0 Å². The van der Waals surface area contributed by atoms with Crippen molar-refractivity contribution >= 4 is 51.3 Å². The Bertz CT molecular complexity index is 1070. The van der Waals surface area contributed by atoms with E-state index in [1.807, 2.05) is 20.8 Å². The molecule has 0 heterocycles. The number of alkyl carbamates (subject to hydrolysis) is 2. The molecular formula is C26H40N6O7S2. The Morgan fingerprint density at radius 1 is 1.00 bits per heavy atom. The van der Waals surface area contributed by atoms with Gasteiger partial charge in [0.25, 0.3) is 0 Å². The van der Waals surface area contributed by atoms with Gasteiger partial charge in [-0.25, -0.2) is 14.4 Å². The second-order valence-electron chi connectivity index (χ2n) is 10.9. The van der Waals surface area contributed by atoms with Gasteiger partial charge >= 0.3 is 18.2 Å². The van der Waals surface area contributed by atoms with Crippen LogP contribution in [0, 0.1) is 0 Å². The van der Waals surface area contributed by atoms with Gasteiger partial charge in [-0.1, -0.05) is 71.7 Å². The minimum atomic E-state index is -1.18. The van der Waals surface area contributed by atoms with Crippen LogP contribution in [-0.4, -0.2) is 63.9 Å². The Morgan fingerprint density at radius 3 is 2.20 bits per heavy atom. The van der Waals surface area contributed by atoms with Gasteiger partial charge in [-0.05, 0) is 51.1 Å². The normalized spacial score (nSPS) is 12.7. The SMILES string of the molecule is CC(C)(C)OC(=O)NC(CCCCNC(=O)C(CSSC(C)(C)C)NC(=O)OCc1ccc(N=[N+]=[N-])cc1)C(=O)O. The summed E-state index contributed by atoms with van der Waals surface area (Å²) >= 11 is 0. The molecule has 4 N–H and O–H groups in total. The number of carboxylic acid groups (broad SMARTS) is 1. The lowest BCUT2D eigenvalue weighted by Crippen LogP contribution is -2.48. The number of unbranched alkanes of at least 4 members (excludes halogenated alkanes) is 1. The Kier molecular flexibility index (Phi) is 15.3. The Labute approximate surface area is 248 Å². The number of carbonyl (C=O) groups excluding carboxylic acids is 3. The average molecular weight is 613 g/mol. The largest absolute Gasteiger partial charge is 0.480 e. The van der Waals surface area contributed by atoms with Gasteiger partial charge in [0.2, 0.25) is 5.91 Å². The predicted octanol–water partition coefficient (Wildman–Crippen LogP) is 5.67. The van der Waals surface area contributed by atoms with Gasteiger partial charge in [-0.3, -0.25) is 4.79 Å². The third-order valence-corrected chi connectivity index (χ3v) is 8.18. The fraction of sp³-hybridized carbons (Fsp3) is 0.615. The van der Waals surface area contributed by atoms with Crippen LogP contribution in [-0.2, 0) is 25.7 Å². The van der Waals surface area contributed by atoms with Crippen LogP contribution in [0.25, 0.3) is 10.4 Å². The molecule has 13 nitrogen and oxygen atoms in total. The summed E-state index contributed by atoms with van der Waals surface area (Å²) in [6.45, 7) is 11.4. The molecule has 0 spiro atoms. The smallest absolute Gasteiger partial charge is 0.408 e. The van der Waals surface area contributed by atoms with Gasteiger partial charge in [-0.2, -0.15) is 0 Å². The summed E-state index contributed by atoms with van der Waals surface area (Å²) < 4.78 is 10.3. The van der Waals surface area contributed by atoms with E-state index in [2.05, 4.69) is 26.0 Å². The van der Waals surface area contributed by atoms with Gasteiger partial charge in [0.1, 0.15) is 24.3 Å². The van der Waals surface area contributed by atoms with Crippen LogP contribution in [0.2, 0.25) is 0 Å². The van der Waals surface area contributed by atoms with E-state index in [-0.39, 0.29) is 24.3 Å². The van der Waals surface area contributed by atoms with Gasteiger partial charge in [0.05, 0.1) is 0 Å². The highest BCUT2D eigenvalue weighted by Crippen LogP contribution is 2.35. The first-order valence-corrected chi connectivity index (χ1v) is 15.3. The highest BCUT2D eigenvalue weighted by Gasteiger charge is 2.25. The number of nitrogens with zero attached hydrogens (tertiary/aromatic N) is 3. The van der Waals surface area contributed by atoms with E-state index in [1.165, 1.54) is 10.8 Å². The second kappa shape index (κ2) is 17.5. The highest BCUT2D eigenvalue weighted by atomic mass is 33.1. The molecule has 0 aliphatic rings. The molecule has 0 radical (unpaired) electrons. The lowest BCUT2D eigenvalue weighted by molar-refractivity contribution is -0.139.